The number of thiazole rings is 1. The Balaban J connectivity index is 1.62. The zero-order chi connectivity index (χ0) is 14.2. The molecule has 2 aromatic rings. The average molecular weight is 289 g/mol. The van der Waals surface area contributed by atoms with E-state index < -0.39 is 0 Å². The molecule has 2 unspecified atom stereocenters. The molecule has 0 aliphatic heterocycles. The molecule has 0 aliphatic carbocycles. The van der Waals surface area contributed by atoms with Gasteiger partial charge >= 0.3 is 0 Å². The zero-order valence-electron chi connectivity index (χ0n) is 12.0. The maximum Gasteiger partial charge on any atom is 0.0965 e. The first-order valence-corrected chi connectivity index (χ1v) is 8.03. The van der Waals surface area contributed by atoms with Gasteiger partial charge in [-0.05, 0) is 18.4 Å². The summed E-state index contributed by atoms with van der Waals surface area (Å²) in [5, 5.41) is 6.67. The summed E-state index contributed by atoms with van der Waals surface area (Å²) in [4.78, 5) is 4.34. The van der Waals surface area contributed by atoms with Crippen LogP contribution in [0, 0.1) is 0 Å². The molecule has 1 aromatic carbocycles. The van der Waals surface area contributed by atoms with Gasteiger partial charge in [0.2, 0.25) is 0 Å². The highest BCUT2D eigenvalue weighted by Crippen LogP contribution is 2.16. The molecule has 0 spiro atoms. The van der Waals surface area contributed by atoms with Crippen LogP contribution in [0.1, 0.15) is 29.8 Å². The molecule has 108 valence electrons. The highest BCUT2D eigenvalue weighted by molar-refractivity contribution is 7.09. The molecular weight excluding hydrogens is 266 g/mol. The predicted octanol–water partition coefficient (Wildman–Crippen LogP) is 2.80. The van der Waals surface area contributed by atoms with Crippen molar-refractivity contribution < 1.29 is 0 Å². The van der Waals surface area contributed by atoms with Crippen molar-refractivity contribution in [2.75, 3.05) is 13.1 Å². The molecule has 0 fully saturated rings. The van der Waals surface area contributed by atoms with Crippen molar-refractivity contribution in [3.05, 3.63) is 52.5 Å². The third kappa shape index (κ3) is 5.04. The van der Waals surface area contributed by atoms with Crippen LogP contribution in [0.25, 0.3) is 0 Å². The summed E-state index contributed by atoms with van der Waals surface area (Å²) < 4.78 is 0. The molecule has 0 saturated heterocycles. The Hall–Kier alpha value is -1.23. The van der Waals surface area contributed by atoms with Gasteiger partial charge in [0.25, 0.3) is 0 Å². The fourth-order valence-corrected chi connectivity index (χ4v) is 2.85. The zero-order valence-corrected chi connectivity index (χ0v) is 12.8. The molecule has 4 heteroatoms. The number of aryl methyl sites for hydroxylation is 1. The van der Waals surface area contributed by atoms with Gasteiger partial charge in [-0.15, -0.1) is 11.3 Å². The number of nitrogens with one attached hydrogen (secondary N) is 1. The summed E-state index contributed by atoms with van der Waals surface area (Å²) in [7, 11) is 0. The second-order valence-electron chi connectivity index (χ2n) is 5.21. The van der Waals surface area contributed by atoms with Gasteiger partial charge < -0.3 is 11.1 Å². The lowest BCUT2D eigenvalue weighted by Gasteiger charge is -2.15. The van der Waals surface area contributed by atoms with Crippen LogP contribution in [0.5, 0.6) is 0 Å². The molecule has 3 N–H and O–H groups in total. The van der Waals surface area contributed by atoms with Crippen molar-refractivity contribution >= 4 is 11.3 Å². The number of nitrogens with zero attached hydrogens (tertiary/aromatic N) is 1. The summed E-state index contributed by atoms with van der Waals surface area (Å²) in [5.74, 6) is 0.455. The fraction of sp³-hybridized carbons (Fsp3) is 0.438. The van der Waals surface area contributed by atoms with Crippen molar-refractivity contribution in [2.24, 2.45) is 5.73 Å². The maximum atomic E-state index is 6.15. The first-order valence-electron chi connectivity index (χ1n) is 7.15. The molecule has 1 heterocycles. The van der Waals surface area contributed by atoms with Crippen molar-refractivity contribution in [3.63, 3.8) is 0 Å². The third-order valence-corrected chi connectivity index (χ3v) is 4.38. The summed E-state index contributed by atoms with van der Waals surface area (Å²) >= 11 is 1.72. The van der Waals surface area contributed by atoms with Crippen LogP contribution in [0.4, 0.5) is 0 Å². The van der Waals surface area contributed by atoms with E-state index in [1.165, 1.54) is 10.6 Å². The normalized spacial score (nSPS) is 14.1. The SMILES string of the molecule is CC(CNCC(N)CCc1ccccc1)c1nccs1. The first kappa shape index (κ1) is 15.2. The Morgan fingerprint density at radius 3 is 2.75 bits per heavy atom. The van der Waals surface area contributed by atoms with Crippen molar-refractivity contribution in [1.29, 1.82) is 0 Å². The minimum Gasteiger partial charge on any atom is -0.327 e. The summed E-state index contributed by atoms with van der Waals surface area (Å²) in [6.07, 6.45) is 3.93. The Kier molecular flexibility index (Phi) is 6.18. The van der Waals surface area contributed by atoms with E-state index in [1.807, 2.05) is 17.6 Å². The van der Waals surface area contributed by atoms with Gasteiger partial charge in [0.15, 0.2) is 0 Å². The molecule has 20 heavy (non-hydrogen) atoms. The lowest BCUT2D eigenvalue weighted by molar-refractivity contribution is 0.525. The molecule has 1 aromatic heterocycles. The number of aromatic nitrogens is 1. The lowest BCUT2D eigenvalue weighted by atomic mass is 10.1. The largest absolute Gasteiger partial charge is 0.327 e. The smallest absolute Gasteiger partial charge is 0.0965 e. The van der Waals surface area contributed by atoms with E-state index >= 15 is 0 Å². The summed E-state index contributed by atoms with van der Waals surface area (Å²) in [6, 6.07) is 10.7. The van der Waals surface area contributed by atoms with E-state index in [4.69, 9.17) is 5.73 Å². The van der Waals surface area contributed by atoms with Crippen LogP contribution >= 0.6 is 11.3 Å². The highest BCUT2D eigenvalue weighted by atomic mass is 32.1. The van der Waals surface area contributed by atoms with E-state index in [2.05, 4.69) is 41.5 Å². The van der Waals surface area contributed by atoms with Gasteiger partial charge in [-0.3, -0.25) is 0 Å². The molecule has 2 rings (SSSR count). The van der Waals surface area contributed by atoms with Gasteiger partial charge in [0, 0.05) is 36.6 Å². The van der Waals surface area contributed by atoms with E-state index in [0.29, 0.717) is 5.92 Å². The number of hydrogen-bond acceptors (Lipinski definition) is 4. The monoisotopic (exact) mass is 289 g/mol. The minimum absolute atomic E-state index is 0.207. The summed E-state index contributed by atoms with van der Waals surface area (Å²) in [5.41, 5.74) is 7.51. The van der Waals surface area contributed by atoms with E-state index in [-0.39, 0.29) is 6.04 Å². The molecule has 0 bridgehead atoms. The molecule has 0 aliphatic rings. The van der Waals surface area contributed by atoms with Crippen LogP contribution in [-0.2, 0) is 6.42 Å². The second-order valence-corrected chi connectivity index (χ2v) is 6.14. The number of benzene rings is 1. The highest BCUT2D eigenvalue weighted by Gasteiger charge is 2.09. The van der Waals surface area contributed by atoms with Crippen LogP contribution in [-0.4, -0.2) is 24.1 Å². The van der Waals surface area contributed by atoms with Crippen molar-refractivity contribution in [3.8, 4) is 0 Å². The fourth-order valence-electron chi connectivity index (χ4n) is 2.15. The second kappa shape index (κ2) is 8.15. The third-order valence-electron chi connectivity index (χ3n) is 3.38. The molecule has 0 amide bonds. The minimum atomic E-state index is 0.207. The van der Waals surface area contributed by atoms with Gasteiger partial charge in [0.05, 0.1) is 5.01 Å². The van der Waals surface area contributed by atoms with E-state index in [1.54, 1.807) is 11.3 Å². The van der Waals surface area contributed by atoms with E-state index in [9.17, 15) is 0 Å². The van der Waals surface area contributed by atoms with Crippen molar-refractivity contribution in [1.82, 2.24) is 10.3 Å². The molecular formula is C16H23N3S. The predicted molar refractivity (Wildman–Crippen MR) is 86.1 cm³/mol. The Labute approximate surface area is 125 Å². The number of nitrogens with two attached hydrogens (primary N) is 1. The number of rotatable bonds is 8. The lowest BCUT2D eigenvalue weighted by Crippen LogP contribution is -2.35. The van der Waals surface area contributed by atoms with Gasteiger partial charge in [0.1, 0.15) is 0 Å². The average Bonchev–Trinajstić information content (AvgIpc) is 3.00. The topological polar surface area (TPSA) is 50.9 Å². The molecule has 3 nitrogen and oxygen atoms in total. The Morgan fingerprint density at radius 1 is 1.25 bits per heavy atom. The maximum absolute atomic E-state index is 6.15. The molecule has 0 radical (unpaired) electrons. The molecule has 2 atom stereocenters. The number of hydrogen-bond donors (Lipinski definition) is 2. The molecule has 0 saturated carbocycles. The van der Waals surface area contributed by atoms with Gasteiger partial charge in [-0.25, -0.2) is 4.98 Å². The quantitative estimate of drug-likeness (QED) is 0.785. The van der Waals surface area contributed by atoms with Crippen LogP contribution in [0.2, 0.25) is 0 Å². The van der Waals surface area contributed by atoms with Gasteiger partial charge in [-0.1, -0.05) is 37.3 Å². The summed E-state index contributed by atoms with van der Waals surface area (Å²) in [6.45, 7) is 4.00. The van der Waals surface area contributed by atoms with Crippen LogP contribution < -0.4 is 11.1 Å². The van der Waals surface area contributed by atoms with Gasteiger partial charge in [-0.2, -0.15) is 0 Å². The van der Waals surface area contributed by atoms with E-state index in [0.717, 1.165) is 25.9 Å². The standard InChI is InChI=1S/C16H23N3S/c1-13(16-19-9-10-20-16)11-18-12-15(17)8-7-14-5-3-2-4-6-14/h2-6,9-10,13,15,18H,7-8,11-12,17H2,1H3. The van der Waals surface area contributed by atoms with Crippen LogP contribution in [0.3, 0.4) is 0 Å². The Bertz CT molecular complexity index is 470. The Morgan fingerprint density at radius 2 is 2.05 bits per heavy atom. The van der Waals surface area contributed by atoms with Crippen LogP contribution in [0.15, 0.2) is 41.9 Å². The van der Waals surface area contributed by atoms with Crippen molar-refractivity contribution in [2.45, 2.75) is 31.7 Å². The first-order chi connectivity index (χ1) is 9.75.